The zero-order valence-electron chi connectivity index (χ0n) is 11.2. The third kappa shape index (κ3) is 2.84. The molecular formula is C15H21NO2S. The van der Waals surface area contributed by atoms with Crippen molar-refractivity contribution in [2.75, 3.05) is 6.54 Å². The van der Waals surface area contributed by atoms with Crippen LogP contribution in [0, 0.1) is 0 Å². The Labute approximate surface area is 118 Å². The Balaban J connectivity index is 1.62. The van der Waals surface area contributed by atoms with Gasteiger partial charge in [-0.05, 0) is 50.2 Å². The van der Waals surface area contributed by atoms with Gasteiger partial charge in [-0.15, -0.1) is 11.3 Å². The summed E-state index contributed by atoms with van der Waals surface area (Å²) in [5.41, 5.74) is 0.702. The number of nitrogens with one attached hydrogen (secondary N) is 1. The fourth-order valence-corrected chi connectivity index (χ4v) is 4.31. The predicted octanol–water partition coefficient (Wildman–Crippen LogP) is 2.66. The summed E-state index contributed by atoms with van der Waals surface area (Å²) in [6, 6.07) is 2.05. The standard InChI is InChI=1S/C15H21NO2S/c17-14(16-10-15(18)7-3-4-8-15)13-9-11-5-1-2-6-12(11)19-13/h9,18H,1-8,10H2,(H,16,17). The average Bonchev–Trinajstić information content (AvgIpc) is 3.02. The second-order valence-corrected chi connectivity index (χ2v) is 7.02. The summed E-state index contributed by atoms with van der Waals surface area (Å²) in [4.78, 5) is 14.3. The number of aliphatic hydroxyl groups is 1. The van der Waals surface area contributed by atoms with Crippen LogP contribution in [-0.2, 0) is 12.8 Å². The number of hydrogen-bond donors (Lipinski definition) is 2. The molecule has 104 valence electrons. The summed E-state index contributed by atoms with van der Waals surface area (Å²) in [6.07, 6.45) is 8.49. The minimum Gasteiger partial charge on any atom is -0.388 e. The summed E-state index contributed by atoms with van der Waals surface area (Å²) in [6.45, 7) is 0.397. The largest absolute Gasteiger partial charge is 0.388 e. The topological polar surface area (TPSA) is 49.3 Å². The van der Waals surface area contributed by atoms with Crippen LogP contribution in [0.3, 0.4) is 0 Å². The Hall–Kier alpha value is -0.870. The molecule has 1 aromatic heterocycles. The number of carbonyl (C=O) groups excluding carboxylic acids is 1. The molecule has 0 saturated heterocycles. The average molecular weight is 279 g/mol. The number of fused-ring (bicyclic) bond motifs is 1. The van der Waals surface area contributed by atoms with E-state index in [0.717, 1.165) is 43.4 Å². The predicted molar refractivity (Wildman–Crippen MR) is 76.7 cm³/mol. The highest BCUT2D eigenvalue weighted by molar-refractivity contribution is 7.14. The Morgan fingerprint density at radius 2 is 2.00 bits per heavy atom. The number of rotatable bonds is 3. The summed E-state index contributed by atoms with van der Waals surface area (Å²) < 4.78 is 0. The van der Waals surface area contributed by atoms with Crippen LogP contribution in [0.4, 0.5) is 0 Å². The number of hydrogen-bond acceptors (Lipinski definition) is 3. The Morgan fingerprint density at radius 3 is 2.74 bits per heavy atom. The smallest absolute Gasteiger partial charge is 0.261 e. The van der Waals surface area contributed by atoms with E-state index in [2.05, 4.69) is 5.32 Å². The fraction of sp³-hybridized carbons (Fsp3) is 0.667. The van der Waals surface area contributed by atoms with Crippen molar-refractivity contribution in [1.29, 1.82) is 0 Å². The highest BCUT2D eigenvalue weighted by Gasteiger charge is 2.31. The second-order valence-electron chi connectivity index (χ2n) is 5.88. The molecule has 3 rings (SSSR count). The lowest BCUT2D eigenvalue weighted by molar-refractivity contribution is 0.0450. The number of aryl methyl sites for hydroxylation is 2. The van der Waals surface area contributed by atoms with Crippen molar-refractivity contribution in [2.24, 2.45) is 0 Å². The van der Waals surface area contributed by atoms with Crippen molar-refractivity contribution in [3.05, 3.63) is 21.4 Å². The summed E-state index contributed by atoms with van der Waals surface area (Å²) in [5.74, 6) is -0.0141. The van der Waals surface area contributed by atoms with Crippen LogP contribution >= 0.6 is 11.3 Å². The molecule has 3 nitrogen and oxygen atoms in total. The van der Waals surface area contributed by atoms with Crippen molar-refractivity contribution in [2.45, 2.75) is 57.0 Å². The van der Waals surface area contributed by atoms with Gasteiger partial charge in [0.1, 0.15) is 0 Å². The molecule has 0 radical (unpaired) electrons. The molecule has 4 heteroatoms. The molecule has 1 saturated carbocycles. The minimum absolute atomic E-state index is 0.0141. The van der Waals surface area contributed by atoms with Crippen LogP contribution in [-0.4, -0.2) is 23.2 Å². The first kappa shape index (κ1) is 13.1. The molecule has 1 aromatic rings. The van der Waals surface area contributed by atoms with Crippen molar-refractivity contribution >= 4 is 17.2 Å². The van der Waals surface area contributed by atoms with E-state index in [1.165, 1.54) is 23.3 Å². The van der Waals surface area contributed by atoms with Gasteiger partial charge in [-0.1, -0.05) is 12.8 Å². The zero-order valence-corrected chi connectivity index (χ0v) is 12.0. The summed E-state index contributed by atoms with van der Waals surface area (Å²) in [5, 5.41) is 13.1. The van der Waals surface area contributed by atoms with Crippen LogP contribution in [0.5, 0.6) is 0 Å². The van der Waals surface area contributed by atoms with Gasteiger partial charge in [0.25, 0.3) is 5.91 Å². The minimum atomic E-state index is -0.660. The molecule has 0 atom stereocenters. The summed E-state index contributed by atoms with van der Waals surface area (Å²) >= 11 is 1.63. The first-order chi connectivity index (χ1) is 9.16. The van der Waals surface area contributed by atoms with E-state index < -0.39 is 5.60 Å². The normalized spacial score (nSPS) is 21.1. The molecule has 1 heterocycles. The molecule has 2 aliphatic rings. The second kappa shape index (κ2) is 5.25. The number of thiophene rings is 1. The first-order valence-electron chi connectivity index (χ1n) is 7.28. The molecule has 0 aromatic carbocycles. The van der Waals surface area contributed by atoms with E-state index in [-0.39, 0.29) is 5.91 Å². The Morgan fingerprint density at radius 1 is 1.26 bits per heavy atom. The Kier molecular flexibility index (Phi) is 3.63. The molecule has 1 amide bonds. The monoisotopic (exact) mass is 279 g/mol. The van der Waals surface area contributed by atoms with Gasteiger partial charge >= 0.3 is 0 Å². The van der Waals surface area contributed by atoms with Gasteiger partial charge in [0.05, 0.1) is 10.5 Å². The van der Waals surface area contributed by atoms with Gasteiger partial charge in [0.15, 0.2) is 0 Å². The molecule has 0 bridgehead atoms. The van der Waals surface area contributed by atoms with Crippen LogP contribution in [0.25, 0.3) is 0 Å². The number of carbonyl (C=O) groups is 1. The van der Waals surface area contributed by atoms with E-state index in [1.54, 1.807) is 11.3 Å². The third-order valence-corrected chi connectivity index (χ3v) is 5.57. The fourth-order valence-electron chi connectivity index (χ4n) is 3.14. The van der Waals surface area contributed by atoms with Gasteiger partial charge in [-0.3, -0.25) is 4.79 Å². The maximum atomic E-state index is 12.1. The quantitative estimate of drug-likeness (QED) is 0.893. The lowest BCUT2D eigenvalue weighted by atomic mass is 9.99. The van der Waals surface area contributed by atoms with Gasteiger partial charge < -0.3 is 10.4 Å². The van der Waals surface area contributed by atoms with Gasteiger partial charge in [0.2, 0.25) is 0 Å². The Bertz CT molecular complexity index is 451. The molecular weight excluding hydrogens is 258 g/mol. The van der Waals surface area contributed by atoms with Gasteiger partial charge in [0, 0.05) is 11.4 Å². The van der Waals surface area contributed by atoms with Crippen LogP contribution < -0.4 is 5.32 Å². The molecule has 19 heavy (non-hydrogen) atoms. The van der Waals surface area contributed by atoms with E-state index in [0.29, 0.717) is 6.54 Å². The SMILES string of the molecule is O=C(NCC1(O)CCCC1)c1cc2c(s1)CCCC2. The molecule has 0 unspecified atom stereocenters. The van der Waals surface area contributed by atoms with Gasteiger partial charge in [-0.25, -0.2) is 0 Å². The van der Waals surface area contributed by atoms with Crippen molar-refractivity contribution < 1.29 is 9.90 Å². The molecule has 1 fully saturated rings. The van der Waals surface area contributed by atoms with Crippen molar-refractivity contribution in [3.63, 3.8) is 0 Å². The van der Waals surface area contributed by atoms with E-state index >= 15 is 0 Å². The molecule has 0 spiro atoms. The number of amides is 1. The zero-order chi connectivity index (χ0) is 13.3. The maximum absolute atomic E-state index is 12.1. The lowest BCUT2D eigenvalue weighted by Gasteiger charge is -2.22. The molecule has 0 aliphatic heterocycles. The highest BCUT2D eigenvalue weighted by Crippen LogP contribution is 2.31. The van der Waals surface area contributed by atoms with Crippen LogP contribution in [0.1, 0.15) is 58.6 Å². The third-order valence-electron chi connectivity index (χ3n) is 4.33. The van der Waals surface area contributed by atoms with Crippen LogP contribution in [0.15, 0.2) is 6.07 Å². The molecule has 2 aliphatic carbocycles. The first-order valence-corrected chi connectivity index (χ1v) is 8.10. The lowest BCUT2D eigenvalue weighted by Crippen LogP contribution is -2.40. The maximum Gasteiger partial charge on any atom is 0.261 e. The summed E-state index contributed by atoms with van der Waals surface area (Å²) in [7, 11) is 0. The van der Waals surface area contributed by atoms with Crippen LogP contribution in [0.2, 0.25) is 0 Å². The van der Waals surface area contributed by atoms with Crippen molar-refractivity contribution in [1.82, 2.24) is 5.32 Å². The van der Waals surface area contributed by atoms with Crippen molar-refractivity contribution in [3.8, 4) is 0 Å². The van der Waals surface area contributed by atoms with E-state index in [1.807, 2.05) is 6.07 Å². The van der Waals surface area contributed by atoms with E-state index in [9.17, 15) is 9.90 Å². The van der Waals surface area contributed by atoms with E-state index in [4.69, 9.17) is 0 Å². The highest BCUT2D eigenvalue weighted by atomic mass is 32.1. The molecule has 2 N–H and O–H groups in total. The van der Waals surface area contributed by atoms with Gasteiger partial charge in [-0.2, -0.15) is 0 Å².